The van der Waals surface area contributed by atoms with E-state index in [2.05, 4.69) is 21.4 Å². The van der Waals surface area contributed by atoms with Gasteiger partial charge in [-0.15, -0.1) is 0 Å². The molecule has 0 atom stereocenters. The second kappa shape index (κ2) is 3.63. The first-order chi connectivity index (χ1) is 5.15. The first-order valence-electron chi connectivity index (χ1n) is 2.76. The lowest BCUT2D eigenvalue weighted by atomic mass is 10.3. The number of anilines is 1. The lowest BCUT2D eigenvalue weighted by molar-refractivity contribution is 1.35. The monoisotopic (exact) mass is 254 g/mol. The summed E-state index contributed by atoms with van der Waals surface area (Å²) in [6.45, 7) is 0. The molecule has 0 bridgehead atoms. The summed E-state index contributed by atoms with van der Waals surface area (Å²) in [4.78, 5) is 0. The van der Waals surface area contributed by atoms with Crippen LogP contribution >= 0.6 is 39.1 Å². The van der Waals surface area contributed by atoms with Crippen LogP contribution in [-0.2, 0) is 0 Å². The van der Waals surface area contributed by atoms with Crippen LogP contribution in [0.5, 0.6) is 0 Å². The summed E-state index contributed by atoms with van der Waals surface area (Å²) in [6.07, 6.45) is 0. The van der Waals surface area contributed by atoms with E-state index in [0.717, 1.165) is 4.47 Å². The molecule has 0 aliphatic carbocycles. The van der Waals surface area contributed by atoms with Gasteiger partial charge in [-0.25, -0.2) is 0 Å². The molecule has 60 valence electrons. The van der Waals surface area contributed by atoms with Crippen molar-refractivity contribution in [2.75, 3.05) is 5.43 Å². The van der Waals surface area contributed by atoms with Gasteiger partial charge in [0, 0.05) is 4.47 Å². The molecule has 1 aromatic rings. The number of nitrogens with one attached hydrogen (secondary N) is 1. The Morgan fingerprint density at radius 1 is 1.36 bits per heavy atom. The zero-order valence-corrected chi connectivity index (χ0v) is 8.46. The van der Waals surface area contributed by atoms with Gasteiger partial charge < -0.3 is 5.43 Å². The van der Waals surface area contributed by atoms with Crippen LogP contribution in [0, 0.1) is 0 Å². The van der Waals surface area contributed by atoms with Crippen LogP contribution in [0.1, 0.15) is 0 Å². The van der Waals surface area contributed by atoms with E-state index in [9.17, 15) is 0 Å². The van der Waals surface area contributed by atoms with Gasteiger partial charge in [0.15, 0.2) is 0 Å². The van der Waals surface area contributed by atoms with Gasteiger partial charge in [0.05, 0.1) is 15.7 Å². The van der Waals surface area contributed by atoms with Crippen molar-refractivity contribution in [3.05, 3.63) is 26.7 Å². The second-order valence-electron chi connectivity index (χ2n) is 1.89. The van der Waals surface area contributed by atoms with E-state index in [1.165, 1.54) is 0 Å². The predicted molar refractivity (Wildman–Crippen MR) is 52.0 cm³/mol. The maximum Gasteiger partial charge on any atom is 0.0837 e. The largest absolute Gasteiger partial charge is 0.323 e. The lowest BCUT2D eigenvalue weighted by Gasteiger charge is -2.04. The SMILES string of the molecule is NNc1cc(Br)cc(Cl)c1Cl. The molecule has 3 N–H and O–H groups in total. The third-order valence-corrected chi connectivity index (χ3v) is 2.41. The summed E-state index contributed by atoms with van der Waals surface area (Å²) in [5, 5.41) is 0.895. The minimum absolute atomic E-state index is 0.428. The summed E-state index contributed by atoms with van der Waals surface area (Å²) in [5.41, 5.74) is 3.03. The Labute approximate surface area is 82.8 Å². The Bertz CT molecular complexity index is 278. The summed E-state index contributed by atoms with van der Waals surface area (Å²) < 4.78 is 0.833. The van der Waals surface area contributed by atoms with E-state index >= 15 is 0 Å². The molecule has 0 spiro atoms. The van der Waals surface area contributed by atoms with Gasteiger partial charge in [0.25, 0.3) is 0 Å². The highest BCUT2D eigenvalue weighted by Crippen LogP contribution is 2.32. The fourth-order valence-electron chi connectivity index (χ4n) is 0.661. The topological polar surface area (TPSA) is 38.0 Å². The first-order valence-corrected chi connectivity index (χ1v) is 4.31. The molecule has 1 rings (SSSR count). The molecular weight excluding hydrogens is 251 g/mol. The van der Waals surface area contributed by atoms with E-state index in [1.54, 1.807) is 12.1 Å². The summed E-state index contributed by atoms with van der Waals surface area (Å²) in [7, 11) is 0. The molecule has 2 nitrogen and oxygen atoms in total. The van der Waals surface area contributed by atoms with Crippen molar-refractivity contribution >= 4 is 44.8 Å². The molecule has 5 heteroatoms. The lowest BCUT2D eigenvalue weighted by Crippen LogP contribution is -2.07. The fourth-order valence-corrected chi connectivity index (χ4v) is 1.63. The minimum Gasteiger partial charge on any atom is -0.323 e. The van der Waals surface area contributed by atoms with E-state index in [1.807, 2.05) is 0 Å². The molecule has 1 aromatic carbocycles. The smallest absolute Gasteiger partial charge is 0.0837 e. The third kappa shape index (κ3) is 1.99. The molecular formula is C6H5BrCl2N2. The number of hydrazine groups is 1. The van der Waals surface area contributed by atoms with Crippen molar-refractivity contribution in [1.29, 1.82) is 0 Å². The van der Waals surface area contributed by atoms with Gasteiger partial charge >= 0.3 is 0 Å². The van der Waals surface area contributed by atoms with Gasteiger partial charge in [-0.2, -0.15) is 0 Å². The van der Waals surface area contributed by atoms with E-state index < -0.39 is 0 Å². The van der Waals surface area contributed by atoms with Gasteiger partial charge in [0.2, 0.25) is 0 Å². The zero-order valence-electron chi connectivity index (χ0n) is 5.37. The standard InChI is InChI=1S/C6H5BrCl2N2/c7-3-1-4(8)6(9)5(2-3)11-10/h1-2,11H,10H2. The van der Waals surface area contributed by atoms with Gasteiger partial charge in [-0.3, -0.25) is 5.84 Å². The van der Waals surface area contributed by atoms with Gasteiger partial charge in [-0.05, 0) is 12.1 Å². The van der Waals surface area contributed by atoms with Crippen molar-refractivity contribution in [2.45, 2.75) is 0 Å². The molecule has 0 saturated heterocycles. The predicted octanol–water partition coefficient (Wildman–Crippen LogP) is 3.04. The molecule has 0 aliphatic rings. The number of nitrogens with two attached hydrogens (primary N) is 1. The molecule has 11 heavy (non-hydrogen) atoms. The van der Waals surface area contributed by atoms with Crippen LogP contribution in [0.15, 0.2) is 16.6 Å². The zero-order chi connectivity index (χ0) is 8.43. The molecule has 0 amide bonds. The number of nitrogen functional groups attached to an aromatic ring is 1. The number of benzene rings is 1. The van der Waals surface area contributed by atoms with Crippen molar-refractivity contribution in [2.24, 2.45) is 5.84 Å². The van der Waals surface area contributed by atoms with Crippen molar-refractivity contribution in [3.8, 4) is 0 Å². The van der Waals surface area contributed by atoms with Crippen molar-refractivity contribution < 1.29 is 0 Å². The van der Waals surface area contributed by atoms with Crippen molar-refractivity contribution in [1.82, 2.24) is 0 Å². The highest BCUT2D eigenvalue weighted by molar-refractivity contribution is 9.10. The number of rotatable bonds is 1. The molecule has 0 aliphatic heterocycles. The van der Waals surface area contributed by atoms with E-state index in [0.29, 0.717) is 15.7 Å². The second-order valence-corrected chi connectivity index (χ2v) is 3.59. The fraction of sp³-hybridized carbons (Fsp3) is 0. The van der Waals surface area contributed by atoms with E-state index in [4.69, 9.17) is 29.0 Å². The van der Waals surface area contributed by atoms with Crippen LogP contribution in [-0.4, -0.2) is 0 Å². The van der Waals surface area contributed by atoms with Crippen LogP contribution in [0.2, 0.25) is 10.0 Å². The van der Waals surface area contributed by atoms with Crippen LogP contribution < -0.4 is 11.3 Å². The van der Waals surface area contributed by atoms with Crippen molar-refractivity contribution in [3.63, 3.8) is 0 Å². The highest BCUT2D eigenvalue weighted by atomic mass is 79.9. The molecule has 0 unspecified atom stereocenters. The van der Waals surface area contributed by atoms with Crippen LogP contribution in [0.4, 0.5) is 5.69 Å². The van der Waals surface area contributed by atoms with Crippen LogP contribution in [0.3, 0.4) is 0 Å². The van der Waals surface area contributed by atoms with Gasteiger partial charge in [-0.1, -0.05) is 39.1 Å². The number of hydrogen-bond donors (Lipinski definition) is 2. The average molecular weight is 256 g/mol. The maximum atomic E-state index is 5.77. The van der Waals surface area contributed by atoms with Gasteiger partial charge in [0.1, 0.15) is 0 Å². The molecule has 0 saturated carbocycles. The Balaban J connectivity index is 3.24. The highest BCUT2D eigenvalue weighted by Gasteiger charge is 2.04. The Hall–Kier alpha value is 0.0400. The Morgan fingerprint density at radius 3 is 2.55 bits per heavy atom. The molecule has 0 aromatic heterocycles. The average Bonchev–Trinajstić information content (AvgIpc) is 1.96. The Kier molecular flexibility index (Phi) is 3.01. The molecule has 0 heterocycles. The van der Waals surface area contributed by atoms with E-state index in [-0.39, 0.29) is 0 Å². The third-order valence-electron chi connectivity index (χ3n) is 1.15. The quantitative estimate of drug-likeness (QED) is 0.460. The number of halogens is 3. The summed E-state index contributed by atoms with van der Waals surface area (Å²) in [5.74, 6) is 5.17. The maximum absolute atomic E-state index is 5.77. The number of hydrogen-bond acceptors (Lipinski definition) is 2. The minimum atomic E-state index is 0.428. The molecule has 0 fully saturated rings. The summed E-state index contributed by atoms with van der Waals surface area (Å²) in [6, 6.07) is 3.44. The Morgan fingerprint density at radius 2 is 2.00 bits per heavy atom. The van der Waals surface area contributed by atoms with Crippen LogP contribution in [0.25, 0.3) is 0 Å². The summed E-state index contributed by atoms with van der Waals surface area (Å²) >= 11 is 14.8. The molecule has 0 radical (unpaired) electrons. The normalized spacial score (nSPS) is 9.82. The first kappa shape index (κ1) is 9.13.